The van der Waals surface area contributed by atoms with E-state index in [1.165, 1.54) is 38.2 Å². The van der Waals surface area contributed by atoms with Gasteiger partial charge >= 0.3 is 0 Å². The molecule has 0 saturated heterocycles. The largest absolute Gasteiger partial charge is 0.0809 e. The lowest BCUT2D eigenvalue weighted by molar-refractivity contribution is 1.19. The Bertz CT molecular complexity index is 1210. The lowest BCUT2D eigenvalue weighted by atomic mass is 9.88. The lowest BCUT2D eigenvalue weighted by Gasteiger charge is -2.18. The average molecular weight is 391 g/mol. The van der Waals surface area contributed by atoms with E-state index >= 15 is 0 Å². The number of allylic oxidation sites excluding steroid dienone is 4. The van der Waals surface area contributed by atoms with E-state index in [0.717, 1.165) is 12.8 Å². The molecular formula is C28H26Si. The minimum Gasteiger partial charge on any atom is -0.0809 e. The van der Waals surface area contributed by atoms with Gasteiger partial charge in [0.1, 0.15) is 0 Å². The number of rotatable bonds is 4. The molecule has 4 aromatic carbocycles. The van der Waals surface area contributed by atoms with Gasteiger partial charge in [0, 0.05) is 0 Å². The maximum atomic E-state index is 2.53. The zero-order valence-electron chi connectivity index (χ0n) is 17.2. The summed E-state index contributed by atoms with van der Waals surface area (Å²) in [4.78, 5) is 0. The topological polar surface area (TPSA) is 0 Å². The minimum absolute atomic E-state index is 0.905. The monoisotopic (exact) mass is 390 g/mol. The number of hydrogen-bond donors (Lipinski definition) is 0. The summed E-state index contributed by atoms with van der Waals surface area (Å²) in [5.74, 6) is 0. The fourth-order valence-electron chi connectivity index (χ4n) is 4.82. The van der Waals surface area contributed by atoms with Crippen LogP contribution in [0.25, 0.3) is 27.1 Å². The lowest BCUT2D eigenvalue weighted by Crippen LogP contribution is -2.09. The Balaban J connectivity index is 1.81. The van der Waals surface area contributed by atoms with Crippen molar-refractivity contribution in [2.24, 2.45) is 0 Å². The van der Waals surface area contributed by atoms with Gasteiger partial charge in [0.05, 0.1) is 8.80 Å². The van der Waals surface area contributed by atoms with Gasteiger partial charge in [0.15, 0.2) is 0 Å². The molecule has 0 bridgehead atoms. The molecule has 0 saturated carbocycles. The Morgan fingerprint density at radius 2 is 1.31 bits per heavy atom. The third kappa shape index (κ3) is 3.26. The molecule has 142 valence electrons. The van der Waals surface area contributed by atoms with Crippen LogP contribution < -0.4 is 0 Å². The Morgan fingerprint density at radius 3 is 1.93 bits per heavy atom. The molecule has 1 aliphatic rings. The minimum atomic E-state index is -0.905. The van der Waals surface area contributed by atoms with Crippen LogP contribution in [0.1, 0.15) is 17.5 Å². The van der Waals surface area contributed by atoms with Crippen molar-refractivity contribution in [2.75, 3.05) is 0 Å². The normalized spacial score (nSPS) is 14.2. The molecule has 0 unspecified atom stereocenters. The number of fused-ring (bicyclic) bond motifs is 2. The van der Waals surface area contributed by atoms with E-state index in [2.05, 4.69) is 104 Å². The fraction of sp³-hybridized carbons (Fsp3) is 0.143. The van der Waals surface area contributed by atoms with E-state index < -0.39 is 8.80 Å². The molecule has 0 aliphatic heterocycles. The van der Waals surface area contributed by atoms with Crippen LogP contribution in [0.4, 0.5) is 0 Å². The van der Waals surface area contributed by atoms with Crippen molar-refractivity contribution >= 4 is 35.9 Å². The van der Waals surface area contributed by atoms with E-state index in [1.54, 1.807) is 10.8 Å². The maximum Gasteiger partial charge on any atom is 0.0647 e. The van der Waals surface area contributed by atoms with Crippen molar-refractivity contribution in [3.63, 3.8) is 0 Å². The summed E-state index contributed by atoms with van der Waals surface area (Å²) in [6, 6.07) is 31.1. The van der Waals surface area contributed by atoms with Gasteiger partial charge in [0.2, 0.25) is 0 Å². The SMILES string of the molecule is C[SiH](C)C1=CCC(c2c3ccccc3cc3ccccc23)=C1Cc1ccccc1. The molecule has 0 spiro atoms. The summed E-state index contributed by atoms with van der Waals surface area (Å²) in [6.07, 6.45) is 4.62. The van der Waals surface area contributed by atoms with Crippen LogP contribution in [-0.2, 0) is 6.42 Å². The predicted octanol–water partition coefficient (Wildman–Crippen LogP) is 7.35. The van der Waals surface area contributed by atoms with Crippen molar-refractivity contribution in [3.8, 4) is 0 Å². The van der Waals surface area contributed by atoms with Gasteiger partial charge in [-0.05, 0) is 62.7 Å². The molecule has 1 heteroatoms. The van der Waals surface area contributed by atoms with Gasteiger partial charge in [-0.1, -0.05) is 103 Å². The van der Waals surface area contributed by atoms with Crippen molar-refractivity contribution < 1.29 is 0 Å². The van der Waals surface area contributed by atoms with Crippen LogP contribution in [0.15, 0.2) is 102 Å². The van der Waals surface area contributed by atoms with Gasteiger partial charge < -0.3 is 0 Å². The van der Waals surface area contributed by atoms with Crippen molar-refractivity contribution in [2.45, 2.75) is 25.9 Å². The summed E-state index contributed by atoms with van der Waals surface area (Å²) >= 11 is 0. The van der Waals surface area contributed by atoms with Gasteiger partial charge in [-0.2, -0.15) is 0 Å². The highest BCUT2D eigenvalue weighted by molar-refractivity contribution is 6.65. The van der Waals surface area contributed by atoms with Gasteiger partial charge in [-0.25, -0.2) is 0 Å². The highest BCUT2D eigenvalue weighted by Gasteiger charge is 2.24. The first-order chi connectivity index (χ1) is 14.2. The van der Waals surface area contributed by atoms with E-state index in [-0.39, 0.29) is 0 Å². The summed E-state index contributed by atoms with van der Waals surface area (Å²) in [5, 5.41) is 7.09. The van der Waals surface area contributed by atoms with Gasteiger partial charge in [0.25, 0.3) is 0 Å². The van der Waals surface area contributed by atoms with E-state index in [1.807, 2.05) is 0 Å². The first-order valence-electron chi connectivity index (χ1n) is 10.6. The maximum absolute atomic E-state index is 2.53. The predicted molar refractivity (Wildman–Crippen MR) is 130 cm³/mol. The highest BCUT2D eigenvalue weighted by atomic mass is 28.3. The summed E-state index contributed by atoms with van der Waals surface area (Å²) in [6.45, 7) is 4.92. The smallest absolute Gasteiger partial charge is 0.0647 e. The summed E-state index contributed by atoms with van der Waals surface area (Å²) in [7, 11) is -0.905. The second-order valence-corrected chi connectivity index (χ2v) is 11.3. The first kappa shape index (κ1) is 18.1. The quantitative estimate of drug-likeness (QED) is 0.252. The molecule has 0 amide bonds. The zero-order chi connectivity index (χ0) is 19.8. The van der Waals surface area contributed by atoms with E-state index in [4.69, 9.17) is 0 Å². The van der Waals surface area contributed by atoms with Crippen LogP contribution in [-0.4, -0.2) is 8.80 Å². The molecule has 29 heavy (non-hydrogen) atoms. The van der Waals surface area contributed by atoms with Gasteiger partial charge in [-0.15, -0.1) is 0 Å². The fourth-order valence-corrected chi connectivity index (χ4v) is 6.38. The summed E-state index contributed by atoms with van der Waals surface area (Å²) in [5.41, 5.74) is 5.98. The zero-order valence-corrected chi connectivity index (χ0v) is 18.3. The molecule has 0 N–H and O–H groups in total. The average Bonchev–Trinajstić information content (AvgIpc) is 3.16. The summed E-state index contributed by atoms with van der Waals surface area (Å²) < 4.78 is 0. The van der Waals surface area contributed by atoms with Crippen LogP contribution in [0.3, 0.4) is 0 Å². The van der Waals surface area contributed by atoms with Crippen molar-refractivity contribution in [1.29, 1.82) is 0 Å². The second-order valence-electron chi connectivity index (χ2n) is 8.33. The van der Waals surface area contributed by atoms with E-state index in [9.17, 15) is 0 Å². The van der Waals surface area contributed by atoms with E-state index in [0.29, 0.717) is 0 Å². The Labute approximate surface area is 174 Å². The molecule has 5 rings (SSSR count). The molecule has 0 heterocycles. The molecule has 0 radical (unpaired) electrons. The standard InChI is InChI=1S/C28H26Si/c1-29(2)27-17-16-25(26(27)18-20-10-4-3-5-11-20)28-23-14-8-6-12-21(23)19-22-13-7-9-15-24(22)28/h3-15,17,19,29H,16,18H2,1-2H3. The Morgan fingerprint density at radius 1 is 0.724 bits per heavy atom. The van der Waals surface area contributed by atoms with Crippen molar-refractivity contribution in [3.05, 3.63) is 113 Å². The molecule has 0 atom stereocenters. The first-order valence-corrected chi connectivity index (χ1v) is 13.5. The van der Waals surface area contributed by atoms with Crippen LogP contribution in [0, 0.1) is 0 Å². The third-order valence-electron chi connectivity index (χ3n) is 6.16. The van der Waals surface area contributed by atoms with Crippen molar-refractivity contribution in [1.82, 2.24) is 0 Å². The van der Waals surface area contributed by atoms with Gasteiger partial charge in [-0.3, -0.25) is 0 Å². The molecule has 0 fully saturated rings. The van der Waals surface area contributed by atoms with Crippen LogP contribution in [0.5, 0.6) is 0 Å². The number of hydrogen-bond acceptors (Lipinski definition) is 0. The van der Waals surface area contributed by atoms with Crippen LogP contribution >= 0.6 is 0 Å². The Kier molecular flexibility index (Phi) is 4.69. The third-order valence-corrected chi connectivity index (χ3v) is 7.99. The molecule has 0 aromatic heterocycles. The Hall–Kier alpha value is -2.90. The van der Waals surface area contributed by atoms with Crippen LogP contribution in [0.2, 0.25) is 13.1 Å². The highest BCUT2D eigenvalue weighted by Crippen LogP contribution is 2.42. The molecule has 1 aliphatic carbocycles. The number of benzene rings is 4. The molecular weight excluding hydrogens is 364 g/mol. The molecule has 0 nitrogen and oxygen atoms in total. The second kappa shape index (κ2) is 7.49. The molecule has 4 aromatic rings.